The lowest BCUT2D eigenvalue weighted by atomic mass is 9.90. The molecule has 0 atom stereocenters. The molecule has 0 aromatic heterocycles. The highest BCUT2D eigenvalue weighted by molar-refractivity contribution is 6.31. The Kier molecular flexibility index (Phi) is 5.69. The first-order valence-electron chi connectivity index (χ1n) is 9.15. The van der Waals surface area contributed by atoms with Gasteiger partial charge in [0.25, 0.3) is 5.91 Å². The number of urea groups is 1. The van der Waals surface area contributed by atoms with Crippen molar-refractivity contribution >= 4 is 29.4 Å². The Hall–Kier alpha value is -2.15. The summed E-state index contributed by atoms with van der Waals surface area (Å²) < 4.78 is 13.9. The molecule has 4 amide bonds. The number of nitrogens with one attached hydrogen (secondary N) is 1. The molecule has 146 valence electrons. The van der Waals surface area contributed by atoms with E-state index in [9.17, 15) is 18.8 Å². The number of imide groups is 1. The monoisotopic (exact) mass is 395 g/mol. The largest absolute Gasteiger partial charge is 0.340 e. The number of hydrogen-bond donors (Lipinski definition) is 1. The van der Waals surface area contributed by atoms with E-state index in [2.05, 4.69) is 5.32 Å². The Morgan fingerprint density at radius 1 is 1.26 bits per heavy atom. The van der Waals surface area contributed by atoms with Crippen LogP contribution in [0.5, 0.6) is 0 Å². The molecule has 2 fully saturated rings. The fraction of sp³-hybridized carbons (Fsp3) is 0.526. The molecule has 0 bridgehead atoms. The van der Waals surface area contributed by atoms with E-state index in [1.807, 2.05) is 0 Å². The molecule has 1 aliphatic heterocycles. The van der Waals surface area contributed by atoms with Crippen molar-refractivity contribution in [2.75, 3.05) is 13.6 Å². The van der Waals surface area contributed by atoms with Crippen molar-refractivity contribution in [2.45, 2.75) is 50.6 Å². The van der Waals surface area contributed by atoms with E-state index < -0.39 is 23.3 Å². The minimum Gasteiger partial charge on any atom is -0.340 e. The summed E-state index contributed by atoms with van der Waals surface area (Å²) in [6.45, 7) is -0.409. The molecule has 3 rings (SSSR count). The number of carbonyl (C=O) groups excluding carboxylic acids is 3. The van der Waals surface area contributed by atoms with E-state index in [1.54, 1.807) is 6.07 Å². The van der Waals surface area contributed by atoms with Crippen LogP contribution in [0, 0.1) is 5.82 Å². The van der Waals surface area contributed by atoms with Crippen molar-refractivity contribution in [1.29, 1.82) is 0 Å². The third-order valence-electron chi connectivity index (χ3n) is 5.38. The zero-order chi connectivity index (χ0) is 19.6. The first kappa shape index (κ1) is 19.6. The molecule has 8 heteroatoms. The topological polar surface area (TPSA) is 69.7 Å². The lowest BCUT2D eigenvalue weighted by molar-refractivity contribution is -0.138. The minimum atomic E-state index is -0.874. The fourth-order valence-electron chi connectivity index (χ4n) is 3.76. The summed E-state index contributed by atoms with van der Waals surface area (Å²) in [5.41, 5.74) is -0.672. The third-order valence-corrected chi connectivity index (χ3v) is 5.73. The maximum Gasteiger partial charge on any atom is 0.325 e. The molecule has 1 aromatic carbocycles. The van der Waals surface area contributed by atoms with E-state index in [1.165, 1.54) is 24.1 Å². The normalized spacial score (nSPS) is 19.1. The Balaban J connectivity index is 1.68. The van der Waals surface area contributed by atoms with Crippen LogP contribution in [-0.4, -0.2) is 46.8 Å². The lowest BCUT2D eigenvalue weighted by Gasteiger charge is -2.25. The zero-order valence-electron chi connectivity index (χ0n) is 15.3. The van der Waals surface area contributed by atoms with Crippen LogP contribution < -0.4 is 5.32 Å². The second-order valence-electron chi connectivity index (χ2n) is 7.27. The van der Waals surface area contributed by atoms with Crippen LogP contribution in [0.25, 0.3) is 0 Å². The number of hydrogen-bond acceptors (Lipinski definition) is 3. The SMILES string of the molecule is CN(Cc1c(F)cccc1Cl)C(=O)CN1C(=O)NC2(CCCCCC2)C1=O. The molecule has 1 aliphatic carbocycles. The number of halogens is 2. The van der Waals surface area contributed by atoms with Gasteiger partial charge < -0.3 is 10.2 Å². The third kappa shape index (κ3) is 3.93. The highest BCUT2D eigenvalue weighted by Gasteiger charge is 2.51. The molecule has 2 aliphatic rings. The van der Waals surface area contributed by atoms with Crippen molar-refractivity contribution in [3.63, 3.8) is 0 Å². The molecule has 1 saturated heterocycles. The Morgan fingerprint density at radius 3 is 2.56 bits per heavy atom. The van der Waals surface area contributed by atoms with Crippen LogP contribution in [0.2, 0.25) is 5.02 Å². The van der Waals surface area contributed by atoms with E-state index >= 15 is 0 Å². The predicted octanol–water partition coefficient (Wildman–Crippen LogP) is 3.08. The molecular formula is C19H23ClFN3O3. The highest BCUT2D eigenvalue weighted by Crippen LogP contribution is 2.32. The van der Waals surface area contributed by atoms with Gasteiger partial charge in [-0.3, -0.25) is 14.5 Å². The van der Waals surface area contributed by atoms with Crippen LogP contribution in [-0.2, 0) is 16.1 Å². The number of benzene rings is 1. The summed E-state index contributed by atoms with van der Waals surface area (Å²) in [6, 6.07) is 3.77. The van der Waals surface area contributed by atoms with Gasteiger partial charge in [0.2, 0.25) is 5.91 Å². The van der Waals surface area contributed by atoms with E-state index in [0.717, 1.165) is 30.6 Å². The van der Waals surface area contributed by atoms with E-state index in [4.69, 9.17) is 11.6 Å². The molecule has 1 aromatic rings. The molecule has 1 heterocycles. The average molecular weight is 396 g/mol. The number of nitrogens with zero attached hydrogens (tertiary/aromatic N) is 2. The Morgan fingerprint density at radius 2 is 1.93 bits per heavy atom. The van der Waals surface area contributed by atoms with Crippen molar-refractivity contribution in [1.82, 2.24) is 15.1 Å². The van der Waals surface area contributed by atoms with Crippen molar-refractivity contribution in [3.8, 4) is 0 Å². The Bertz CT molecular complexity index is 742. The maximum absolute atomic E-state index is 13.9. The van der Waals surface area contributed by atoms with Gasteiger partial charge >= 0.3 is 6.03 Å². The van der Waals surface area contributed by atoms with Crippen molar-refractivity contribution in [3.05, 3.63) is 34.6 Å². The van der Waals surface area contributed by atoms with Gasteiger partial charge in [0, 0.05) is 24.2 Å². The van der Waals surface area contributed by atoms with Crippen LogP contribution in [0.4, 0.5) is 9.18 Å². The van der Waals surface area contributed by atoms with Crippen molar-refractivity contribution < 1.29 is 18.8 Å². The quantitative estimate of drug-likeness (QED) is 0.796. The van der Waals surface area contributed by atoms with Gasteiger partial charge in [0.05, 0.1) is 0 Å². The second-order valence-corrected chi connectivity index (χ2v) is 7.67. The second kappa shape index (κ2) is 7.84. The molecule has 0 radical (unpaired) electrons. The molecule has 6 nitrogen and oxygen atoms in total. The van der Waals surface area contributed by atoms with Gasteiger partial charge in [-0.05, 0) is 25.0 Å². The summed E-state index contributed by atoms with van der Waals surface area (Å²) in [5, 5.41) is 3.03. The average Bonchev–Trinajstić information content (AvgIpc) is 2.80. The number of rotatable bonds is 4. The molecule has 27 heavy (non-hydrogen) atoms. The van der Waals surface area contributed by atoms with E-state index in [-0.39, 0.29) is 29.6 Å². The van der Waals surface area contributed by atoms with Crippen LogP contribution in [0.3, 0.4) is 0 Å². The highest BCUT2D eigenvalue weighted by atomic mass is 35.5. The molecule has 1 spiro atoms. The number of likely N-dealkylation sites (N-methyl/N-ethyl adjacent to an activating group) is 1. The first-order valence-corrected chi connectivity index (χ1v) is 9.53. The summed E-state index contributed by atoms with van der Waals surface area (Å²) in [4.78, 5) is 40.0. The molecule has 1 N–H and O–H groups in total. The van der Waals surface area contributed by atoms with Crippen LogP contribution in [0.15, 0.2) is 18.2 Å². The van der Waals surface area contributed by atoms with Gasteiger partial charge in [-0.1, -0.05) is 43.4 Å². The van der Waals surface area contributed by atoms with E-state index in [0.29, 0.717) is 12.8 Å². The van der Waals surface area contributed by atoms with Gasteiger partial charge in [0.15, 0.2) is 0 Å². The van der Waals surface area contributed by atoms with Crippen molar-refractivity contribution in [2.24, 2.45) is 0 Å². The Labute approximate surface area is 162 Å². The van der Waals surface area contributed by atoms with Gasteiger partial charge in [-0.15, -0.1) is 0 Å². The maximum atomic E-state index is 13.9. The van der Waals surface area contributed by atoms with Crippen LogP contribution in [0.1, 0.15) is 44.1 Å². The van der Waals surface area contributed by atoms with Gasteiger partial charge in [0.1, 0.15) is 17.9 Å². The molecule has 0 unspecified atom stereocenters. The summed E-state index contributed by atoms with van der Waals surface area (Å²) >= 11 is 6.00. The van der Waals surface area contributed by atoms with Gasteiger partial charge in [-0.25, -0.2) is 9.18 Å². The fourth-order valence-corrected chi connectivity index (χ4v) is 3.98. The standard InChI is InChI=1S/C19H23ClFN3O3/c1-23(11-13-14(20)7-6-8-15(13)21)16(25)12-24-17(26)19(22-18(24)27)9-4-2-3-5-10-19/h6-8H,2-5,9-12H2,1H3,(H,22,27). The summed E-state index contributed by atoms with van der Waals surface area (Å²) in [6.07, 6.45) is 5.02. The smallest absolute Gasteiger partial charge is 0.325 e. The number of carbonyl (C=O) groups is 3. The number of amides is 4. The summed E-state index contributed by atoms with van der Waals surface area (Å²) in [5.74, 6) is -1.29. The first-order chi connectivity index (χ1) is 12.8. The minimum absolute atomic E-state index is 0.0425. The lowest BCUT2D eigenvalue weighted by Crippen LogP contribution is -2.47. The van der Waals surface area contributed by atoms with Gasteiger partial charge in [-0.2, -0.15) is 0 Å². The zero-order valence-corrected chi connectivity index (χ0v) is 16.0. The molecular weight excluding hydrogens is 373 g/mol. The van der Waals surface area contributed by atoms with Crippen LogP contribution >= 0.6 is 11.6 Å². The molecule has 1 saturated carbocycles. The summed E-state index contributed by atoms with van der Waals surface area (Å²) in [7, 11) is 1.49. The predicted molar refractivity (Wildman–Crippen MR) is 98.6 cm³/mol.